The number of anilines is 1. The Morgan fingerprint density at radius 2 is 1.85 bits per heavy atom. The molecule has 0 saturated carbocycles. The van der Waals surface area contributed by atoms with Crippen molar-refractivity contribution in [1.29, 1.82) is 0 Å². The van der Waals surface area contributed by atoms with Crippen LogP contribution in [0.3, 0.4) is 0 Å². The van der Waals surface area contributed by atoms with Gasteiger partial charge in [0, 0.05) is 10.5 Å². The highest BCUT2D eigenvalue weighted by Crippen LogP contribution is 2.26. The lowest BCUT2D eigenvalue weighted by Gasteiger charge is -2.23. The number of amides is 2. The Labute approximate surface area is 156 Å². The third-order valence-electron chi connectivity index (χ3n) is 3.92. The molecule has 0 saturated heterocycles. The van der Waals surface area contributed by atoms with E-state index in [-0.39, 0.29) is 18.3 Å². The minimum absolute atomic E-state index is 0.161. The molecule has 2 amide bonds. The number of urea groups is 1. The van der Waals surface area contributed by atoms with Crippen LogP contribution >= 0.6 is 11.8 Å². The van der Waals surface area contributed by atoms with Crippen molar-refractivity contribution in [3.05, 3.63) is 78.3 Å². The van der Waals surface area contributed by atoms with E-state index in [9.17, 15) is 9.90 Å². The Kier molecular flexibility index (Phi) is 5.86. The molecule has 26 heavy (non-hydrogen) atoms. The lowest BCUT2D eigenvalue weighted by atomic mass is 10.2. The van der Waals surface area contributed by atoms with Crippen LogP contribution in [0.2, 0.25) is 0 Å². The van der Waals surface area contributed by atoms with Crippen LogP contribution in [0.1, 0.15) is 11.3 Å². The van der Waals surface area contributed by atoms with Crippen molar-refractivity contribution < 1.29 is 14.3 Å². The number of phenolic OH excluding ortho intramolecular Hbond substituents is 1. The van der Waals surface area contributed by atoms with Crippen molar-refractivity contribution in [1.82, 2.24) is 4.90 Å². The van der Waals surface area contributed by atoms with Crippen LogP contribution < -0.4 is 5.32 Å². The van der Waals surface area contributed by atoms with Crippen molar-refractivity contribution in [2.24, 2.45) is 0 Å². The van der Waals surface area contributed by atoms with Gasteiger partial charge in [-0.1, -0.05) is 30.3 Å². The first-order valence-corrected chi connectivity index (χ1v) is 9.38. The van der Waals surface area contributed by atoms with Gasteiger partial charge in [-0.25, -0.2) is 4.79 Å². The molecule has 6 heteroatoms. The fraction of sp³-hybridized carbons (Fsp3) is 0.150. The van der Waals surface area contributed by atoms with Crippen molar-refractivity contribution in [3.8, 4) is 5.75 Å². The zero-order chi connectivity index (χ0) is 18.4. The highest BCUT2D eigenvalue weighted by molar-refractivity contribution is 7.98. The number of aromatic hydroxyl groups is 1. The van der Waals surface area contributed by atoms with Crippen molar-refractivity contribution >= 4 is 23.5 Å². The quantitative estimate of drug-likeness (QED) is 0.605. The fourth-order valence-corrected chi connectivity index (χ4v) is 3.14. The summed E-state index contributed by atoms with van der Waals surface area (Å²) in [6, 6.07) is 18.0. The van der Waals surface area contributed by atoms with Gasteiger partial charge in [-0.2, -0.15) is 0 Å². The molecule has 134 valence electrons. The first-order valence-electron chi connectivity index (χ1n) is 8.15. The van der Waals surface area contributed by atoms with Crippen molar-refractivity contribution in [3.63, 3.8) is 0 Å². The van der Waals surface area contributed by atoms with Gasteiger partial charge >= 0.3 is 6.03 Å². The van der Waals surface area contributed by atoms with Crippen LogP contribution in [-0.4, -0.2) is 22.3 Å². The maximum Gasteiger partial charge on any atom is 0.322 e. The molecule has 0 aliphatic rings. The van der Waals surface area contributed by atoms with E-state index in [0.29, 0.717) is 17.9 Å². The van der Waals surface area contributed by atoms with E-state index >= 15 is 0 Å². The molecule has 0 atom stereocenters. The molecule has 1 aromatic heterocycles. The second-order valence-electron chi connectivity index (χ2n) is 5.69. The Morgan fingerprint density at radius 1 is 1.08 bits per heavy atom. The lowest BCUT2D eigenvalue weighted by Crippen LogP contribution is -2.34. The van der Waals surface area contributed by atoms with Gasteiger partial charge in [0.15, 0.2) is 0 Å². The van der Waals surface area contributed by atoms with E-state index in [1.807, 2.05) is 42.7 Å². The maximum atomic E-state index is 12.9. The van der Waals surface area contributed by atoms with E-state index in [4.69, 9.17) is 4.42 Å². The highest BCUT2D eigenvalue weighted by Gasteiger charge is 2.18. The number of hydrogen-bond donors (Lipinski definition) is 2. The summed E-state index contributed by atoms with van der Waals surface area (Å²) in [6.07, 6.45) is 3.54. The molecule has 2 aromatic carbocycles. The Hall–Kier alpha value is -2.86. The topological polar surface area (TPSA) is 65.7 Å². The first-order chi connectivity index (χ1) is 12.7. The Morgan fingerprint density at radius 3 is 2.58 bits per heavy atom. The SMILES string of the molecule is CSc1ccccc1NC(=O)N(Cc1ccco1)Cc1ccccc1O. The number of nitrogens with one attached hydrogen (secondary N) is 1. The molecule has 0 unspecified atom stereocenters. The number of carbonyl (C=O) groups is 1. The van der Waals surface area contributed by atoms with Crippen LogP contribution in [0.5, 0.6) is 5.75 Å². The zero-order valence-electron chi connectivity index (χ0n) is 14.4. The molecule has 0 aliphatic carbocycles. The molecule has 0 fully saturated rings. The van der Waals surface area contributed by atoms with Crippen LogP contribution in [0.15, 0.2) is 76.2 Å². The number of nitrogens with zero attached hydrogens (tertiary/aromatic N) is 1. The third-order valence-corrected chi connectivity index (χ3v) is 4.71. The molecule has 0 radical (unpaired) electrons. The van der Waals surface area contributed by atoms with Gasteiger partial charge in [0.05, 0.1) is 25.0 Å². The summed E-state index contributed by atoms with van der Waals surface area (Å²) in [6.45, 7) is 0.565. The first kappa shape index (κ1) is 17.9. The number of phenols is 1. The number of para-hydroxylation sites is 2. The normalized spacial score (nSPS) is 10.5. The molecule has 0 aliphatic heterocycles. The molecule has 3 aromatic rings. The summed E-state index contributed by atoms with van der Waals surface area (Å²) in [5.41, 5.74) is 1.43. The van der Waals surface area contributed by atoms with Gasteiger partial charge in [0.25, 0.3) is 0 Å². The third kappa shape index (κ3) is 4.40. The van der Waals surface area contributed by atoms with E-state index in [1.54, 1.807) is 47.2 Å². The fourth-order valence-electron chi connectivity index (χ4n) is 2.58. The predicted molar refractivity (Wildman–Crippen MR) is 103 cm³/mol. The van der Waals surface area contributed by atoms with Gasteiger partial charge < -0.3 is 19.7 Å². The number of carbonyl (C=O) groups excluding carboxylic acids is 1. The number of benzene rings is 2. The molecule has 0 spiro atoms. The van der Waals surface area contributed by atoms with Gasteiger partial charge in [-0.05, 0) is 36.6 Å². The minimum Gasteiger partial charge on any atom is -0.508 e. The minimum atomic E-state index is -0.258. The molecule has 3 rings (SSSR count). The molecular formula is C20H20N2O3S. The predicted octanol–water partition coefficient (Wildman–Crippen LogP) is 4.94. The summed E-state index contributed by atoms with van der Waals surface area (Å²) in [5, 5.41) is 13.0. The monoisotopic (exact) mass is 368 g/mol. The van der Waals surface area contributed by atoms with Gasteiger partial charge in [0.2, 0.25) is 0 Å². The summed E-state index contributed by atoms with van der Waals surface area (Å²) in [7, 11) is 0. The molecule has 2 N–H and O–H groups in total. The second-order valence-corrected chi connectivity index (χ2v) is 6.54. The van der Waals surface area contributed by atoms with Gasteiger partial charge in [0.1, 0.15) is 11.5 Å². The second kappa shape index (κ2) is 8.49. The van der Waals surface area contributed by atoms with E-state index in [1.165, 1.54) is 0 Å². The molecule has 0 bridgehead atoms. The average molecular weight is 368 g/mol. The summed E-state index contributed by atoms with van der Waals surface area (Å²) >= 11 is 1.57. The van der Waals surface area contributed by atoms with E-state index in [0.717, 1.165) is 10.6 Å². The average Bonchev–Trinajstić information content (AvgIpc) is 3.16. The Balaban J connectivity index is 1.82. The van der Waals surface area contributed by atoms with Crippen LogP contribution in [-0.2, 0) is 13.1 Å². The summed E-state index contributed by atoms with van der Waals surface area (Å²) in [5.74, 6) is 0.836. The number of hydrogen-bond acceptors (Lipinski definition) is 4. The number of furan rings is 1. The maximum absolute atomic E-state index is 12.9. The van der Waals surface area contributed by atoms with Crippen LogP contribution in [0.4, 0.5) is 10.5 Å². The van der Waals surface area contributed by atoms with Crippen LogP contribution in [0.25, 0.3) is 0 Å². The number of thioether (sulfide) groups is 1. The highest BCUT2D eigenvalue weighted by atomic mass is 32.2. The smallest absolute Gasteiger partial charge is 0.322 e. The van der Waals surface area contributed by atoms with Crippen LogP contribution in [0, 0.1) is 0 Å². The standard InChI is InChI=1S/C20H20N2O3S/c1-26-19-11-5-3-9-17(19)21-20(24)22(14-16-8-6-12-25-16)13-15-7-2-4-10-18(15)23/h2-12,23H,13-14H2,1H3,(H,21,24). The number of rotatable bonds is 6. The largest absolute Gasteiger partial charge is 0.508 e. The van der Waals surface area contributed by atoms with E-state index < -0.39 is 0 Å². The van der Waals surface area contributed by atoms with Gasteiger partial charge in [-0.3, -0.25) is 0 Å². The summed E-state index contributed by atoms with van der Waals surface area (Å²) < 4.78 is 5.39. The Bertz CT molecular complexity index is 865. The van der Waals surface area contributed by atoms with Gasteiger partial charge in [-0.15, -0.1) is 11.8 Å². The lowest BCUT2D eigenvalue weighted by molar-refractivity contribution is 0.200. The zero-order valence-corrected chi connectivity index (χ0v) is 15.2. The summed E-state index contributed by atoms with van der Waals surface area (Å²) in [4.78, 5) is 15.5. The van der Waals surface area contributed by atoms with Crippen molar-refractivity contribution in [2.45, 2.75) is 18.0 Å². The molecular weight excluding hydrogens is 348 g/mol. The van der Waals surface area contributed by atoms with Crippen molar-refractivity contribution in [2.75, 3.05) is 11.6 Å². The molecule has 1 heterocycles. The molecule has 5 nitrogen and oxygen atoms in total. The van der Waals surface area contributed by atoms with E-state index in [2.05, 4.69) is 5.32 Å².